The topological polar surface area (TPSA) is 9.23 Å². The van der Waals surface area contributed by atoms with Gasteiger partial charge in [-0.15, -0.1) is 13.2 Å². The van der Waals surface area contributed by atoms with E-state index in [0.29, 0.717) is 5.92 Å². The van der Waals surface area contributed by atoms with E-state index in [1.165, 1.54) is 44.6 Å². The summed E-state index contributed by atoms with van der Waals surface area (Å²) in [6, 6.07) is 14.8. The fourth-order valence-corrected chi connectivity index (χ4v) is 5.29. The van der Waals surface area contributed by atoms with Crippen molar-refractivity contribution in [2.45, 2.75) is 63.6 Å². The summed E-state index contributed by atoms with van der Waals surface area (Å²) >= 11 is 0. The predicted molar refractivity (Wildman–Crippen MR) is 105 cm³/mol. The quantitative estimate of drug-likeness (QED) is 0.521. The molecule has 0 atom stereocenters. The number of hydrogen-bond donors (Lipinski definition) is 0. The average Bonchev–Trinajstić information content (AvgIpc) is 3.22. The lowest BCUT2D eigenvalue weighted by Crippen LogP contribution is -2.20. The Labute approximate surface area is 164 Å². The van der Waals surface area contributed by atoms with Crippen molar-refractivity contribution >= 4 is 0 Å². The Kier molecular flexibility index (Phi) is 5.65. The first-order valence-corrected chi connectivity index (χ1v) is 10.4. The van der Waals surface area contributed by atoms with Gasteiger partial charge in [0, 0.05) is 0 Å². The summed E-state index contributed by atoms with van der Waals surface area (Å²) in [4.78, 5) is 0. The van der Waals surface area contributed by atoms with Crippen LogP contribution in [0.3, 0.4) is 0 Å². The van der Waals surface area contributed by atoms with Crippen LogP contribution in [0.1, 0.15) is 62.8 Å². The van der Waals surface area contributed by atoms with Crippen LogP contribution >= 0.6 is 0 Å². The second-order valence-corrected chi connectivity index (χ2v) is 8.32. The van der Waals surface area contributed by atoms with Crippen molar-refractivity contribution in [1.29, 1.82) is 0 Å². The molecule has 2 saturated carbocycles. The van der Waals surface area contributed by atoms with Gasteiger partial charge in [-0.3, -0.25) is 0 Å². The van der Waals surface area contributed by atoms with Gasteiger partial charge in [-0.05, 0) is 72.3 Å². The third-order valence-corrected chi connectivity index (χ3v) is 6.62. The molecule has 150 valence electrons. The molecular weight excluding hydrogens is 361 g/mol. The maximum Gasteiger partial charge on any atom is 0.573 e. The van der Waals surface area contributed by atoms with Gasteiger partial charge in [0.05, 0.1) is 0 Å². The summed E-state index contributed by atoms with van der Waals surface area (Å²) in [6.45, 7) is 0. The second-order valence-electron chi connectivity index (χ2n) is 8.32. The Morgan fingerprint density at radius 2 is 1.39 bits per heavy atom. The van der Waals surface area contributed by atoms with Gasteiger partial charge in [-0.2, -0.15) is 0 Å². The summed E-state index contributed by atoms with van der Waals surface area (Å²) in [5.74, 6) is 1.85. The third kappa shape index (κ3) is 4.53. The number of benzene rings is 2. The highest BCUT2D eigenvalue weighted by Crippen LogP contribution is 2.46. The maximum atomic E-state index is 12.7. The van der Waals surface area contributed by atoms with Crippen LogP contribution in [0, 0.1) is 11.8 Å². The molecule has 2 aromatic rings. The molecule has 1 nitrogen and oxygen atoms in total. The van der Waals surface area contributed by atoms with Gasteiger partial charge in [0.2, 0.25) is 0 Å². The van der Waals surface area contributed by atoms with Gasteiger partial charge in [0.1, 0.15) is 5.75 Å². The largest absolute Gasteiger partial charge is 0.573 e. The summed E-state index contributed by atoms with van der Waals surface area (Å²) < 4.78 is 42.4. The van der Waals surface area contributed by atoms with E-state index in [-0.39, 0.29) is 5.75 Å². The van der Waals surface area contributed by atoms with Gasteiger partial charge >= 0.3 is 6.36 Å². The van der Waals surface area contributed by atoms with Crippen LogP contribution in [0.5, 0.6) is 5.75 Å². The van der Waals surface area contributed by atoms with Gasteiger partial charge in [-0.25, -0.2) is 0 Å². The molecule has 4 rings (SSSR count). The molecule has 0 radical (unpaired) electrons. The van der Waals surface area contributed by atoms with Crippen LogP contribution in [-0.4, -0.2) is 6.36 Å². The van der Waals surface area contributed by atoms with Crippen molar-refractivity contribution in [3.05, 3.63) is 54.1 Å². The SMILES string of the molecule is FC(F)(F)Oc1ccc(-c2ccccc2)c(C2CCC(C3CCCC3)CC2)c1. The Morgan fingerprint density at radius 3 is 2.04 bits per heavy atom. The van der Waals surface area contributed by atoms with E-state index in [1.807, 2.05) is 30.3 Å². The molecular formula is C24H27F3O. The molecule has 2 aliphatic carbocycles. The molecule has 2 fully saturated rings. The highest BCUT2D eigenvalue weighted by Gasteiger charge is 2.33. The molecule has 0 aromatic heterocycles. The Hall–Kier alpha value is -1.97. The molecule has 0 unspecified atom stereocenters. The van der Waals surface area contributed by atoms with Crippen LogP contribution < -0.4 is 4.74 Å². The monoisotopic (exact) mass is 388 g/mol. The first-order chi connectivity index (χ1) is 13.5. The summed E-state index contributed by atoms with van der Waals surface area (Å²) in [6.07, 6.45) is 5.26. The van der Waals surface area contributed by atoms with Crippen molar-refractivity contribution in [2.24, 2.45) is 11.8 Å². The minimum atomic E-state index is -4.66. The molecule has 2 aromatic carbocycles. The lowest BCUT2D eigenvalue weighted by molar-refractivity contribution is -0.274. The standard InChI is InChI=1S/C24H27F3O/c25-24(26,27)28-21-14-15-22(19-8-2-1-3-9-19)23(16-21)20-12-10-18(11-13-20)17-6-4-5-7-17/h1-3,8-9,14-18,20H,4-7,10-13H2. The number of ether oxygens (including phenoxy) is 1. The zero-order valence-electron chi connectivity index (χ0n) is 16.0. The summed E-state index contributed by atoms with van der Waals surface area (Å²) in [5.41, 5.74) is 3.08. The van der Waals surface area contributed by atoms with Crippen molar-refractivity contribution in [3.8, 4) is 16.9 Å². The van der Waals surface area contributed by atoms with Crippen LogP contribution in [0.2, 0.25) is 0 Å². The molecule has 0 saturated heterocycles. The van der Waals surface area contributed by atoms with Crippen molar-refractivity contribution in [1.82, 2.24) is 0 Å². The predicted octanol–water partition coefficient (Wildman–Crippen LogP) is 7.72. The highest BCUT2D eigenvalue weighted by atomic mass is 19.4. The summed E-state index contributed by atoms with van der Waals surface area (Å²) in [7, 11) is 0. The first kappa shape index (κ1) is 19.4. The zero-order valence-corrected chi connectivity index (χ0v) is 16.0. The Bertz CT molecular complexity index is 770. The molecule has 0 amide bonds. The average molecular weight is 388 g/mol. The van der Waals surface area contributed by atoms with E-state index in [1.54, 1.807) is 12.1 Å². The molecule has 0 spiro atoms. The lowest BCUT2D eigenvalue weighted by atomic mass is 9.72. The highest BCUT2D eigenvalue weighted by molar-refractivity contribution is 5.69. The van der Waals surface area contributed by atoms with Crippen LogP contribution in [0.25, 0.3) is 11.1 Å². The Balaban J connectivity index is 1.59. The van der Waals surface area contributed by atoms with E-state index in [2.05, 4.69) is 4.74 Å². The number of hydrogen-bond acceptors (Lipinski definition) is 1. The van der Waals surface area contributed by atoms with Crippen LogP contribution in [0.15, 0.2) is 48.5 Å². The minimum Gasteiger partial charge on any atom is -0.406 e. The fraction of sp³-hybridized carbons (Fsp3) is 0.500. The zero-order chi connectivity index (χ0) is 19.6. The molecule has 4 heteroatoms. The molecule has 0 N–H and O–H groups in total. The maximum absolute atomic E-state index is 12.7. The van der Waals surface area contributed by atoms with Crippen molar-refractivity contribution in [2.75, 3.05) is 0 Å². The number of halogens is 3. The van der Waals surface area contributed by atoms with Gasteiger partial charge < -0.3 is 4.74 Å². The number of alkyl halides is 3. The van der Waals surface area contributed by atoms with Gasteiger partial charge in [0.25, 0.3) is 0 Å². The molecule has 0 aliphatic heterocycles. The third-order valence-electron chi connectivity index (χ3n) is 6.62. The van der Waals surface area contributed by atoms with E-state index in [4.69, 9.17) is 0 Å². The van der Waals surface area contributed by atoms with Crippen molar-refractivity contribution in [3.63, 3.8) is 0 Å². The summed E-state index contributed by atoms with van der Waals surface area (Å²) in [5, 5.41) is 0. The normalized spacial score (nSPS) is 23.7. The molecule has 28 heavy (non-hydrogen) atoms. The van der Waals surface area contributed by atoms with Crippen molar-refractivity contribution < 1.29 is 17.9 Å². The van der Waals surface area contributed by atoms with Crippen LogP contribution in [-0.2, 0) is 0 Å². The van der Waals surface area contributed by atoms with E-state index in [9.17, 15) is 13.2 Å². The molecule has 0 heterocycles. The fourth-order valence-electron chi connectivity index (χ4n) is 5.29. The van der Waals surface area contributed by atoms with E-state index >= 15 is 0 Å². The van der Waals surface area contributed by atoms with Gasteiger partial charge in [-0.1, -0.05) is 62.1 Å². The molecule has 0 bridgehead atoms. The Morgan fingerprint density at radius 1 is 0.750 bits per heavy atom. The van der Waals surface area contributed by atoms with E-state index in [0.717, 1.165) is 41.4 Å². The molecule has 2 aliphatic rings. The van der Waals surface area contributed by atoms with E-state index < -0.39 is 6.36 Å². The first-order valence-electron chi connectivity index (χ1n) is 10.4. The van der Waals surface area contributed by atoms with Gasteiger partial charge in [0.15, 0.2) is 0 Å². The van der Waals surface area contributed by atoms with Crippen LogP contribution in [0.4, 0.5) is 13.2 Å². The second kappa shape index (κ2) is 8.18. The smallest absolute Gasteiger partial charge is 0.406 e. The number of rotatable bonds is 4. The lowest BCUT2D eigenvalue weighted by Gasteiger charge is -2.33. The minimum absolute atomic E-state index is 0.111.